The second kappa shape index (κ2) is 15.9. The Morgan fingerprint density at radius 2 is 1.44 bits per heavy atom. The topological polar surface area (TPSA) is 75.1 Å². The molecule has 10 rings (SSSR count). The summed E-state index contributed by atoms with van der Waals surface area (Å²) >= 11 is 0. The lowest BCUT2D eigenvalue weighted by Crippen LogP contribution is -2.43. The van der Waals surface area contributed by atoms with E-state index < -0.39 is 5.41 Å². The molecule has 3 aliphatic heterocycles. The number of amides is 3. The predicted octanol–water partition coefficient (Wildman–Crippen LogP) is 9.55. The molecule has 1 atom stereocenters. The van der Waals surface area contributed by atoms with Crippen LogP contribution < -0.4 is 9.64 Å². The molecule has 1 saturated carbocycles. The molecule has 8 nitrogen and oxygen atoms in total. The van der Waals surface area contributed by atoms with Crippen LogP contribution in [0.1, 0.15) is 92.4 Å². The van der Waals surface area contributed by atoms with Crippen LogP contribution in [0.4, 0.5) is 5.69 Å². The Kier molecular flexibility index (Phi) is 10.1. The SMILES string of the molecule is C[C@@H]1Cc2ccccc2CN1C(=O)c1cc2c(cc1-c1cc(C(=O)N(C)c3ccc(OCc4ccccc4)cc3)c3n1CCCC3)CCN(C(=O)C1(c3ccccc3)CC1)C2. The predicted molar refractivity (Wildman–Crippen MR) is 239 cm³/mol. The molecule has 0 N–H and O–H groups in total. The van der Waals surface area contributed by atoms with Crippen LogP contribution in [0.5, 0.6) is 5.75 Å². The Bertz CT molecular complexity index is 2630. The van der Waals surface area contributed by atoms with E-state index in [0.29, 0.717) is 43.8 Å². The third kappa shape index (κ3) is 7.22. The summed E-state index contributed by atoms with van der Waals surface area (Å²) in [4.78, 5) is 49.8. The number of rotatable bonds is 9. The maximum atomic E-state index is 15.2. The highest BCUT2D eigenvalue weighted by molar-refractivity contribution is 6.08. The number of anilines is 1. The van der Waals surface area contributed by atoms with Crippen molar-refractivity contribution >= 4 is 23.4 Å². The zero-order valence-corrected chi connectivity index (χ0v) is 35.1. The first-order valence-corrected chi connectivity index (χ1v) is 21.9. The fourth-order valence-electron chi connectivity index (χ4n) is 9.98. The van der Waals surface area contributed by atoms with Crippen LogP contribution >= 0.6 is 0 Å². The van der Waals surface area contributed by atoms with Gasteiger partial charge in [0.05, 0.1) is 11.0 Å². The maximum Gasteiger partial charge on any atom is 0.259 e. The summed E-state index contributed by atoms with van der Waals surface area (Å²) in [5, 5.41) is 0. The van der Waals surface area contributed by atoms with E-state index in [1.54, 1.807) is 4.90 Å². The average molecular weight is 809 g/mol. The van der Waals surface area contributed by atoms with E-state index >= 15 is 4.79 Å². The number of hydrogen-bond donors (Lipinski definition) is 0. The first-order valence-electron chi connectivity index (χ1n) is 21.9. The quantitative estimate of drug-likeness (QED) is 0.146. The molecule has 0 saturated heterocycles. The zero-order chi connectivity index (χ0) is 41.7. The molecule has 0 unspecified atom stereocenters. The van der Waals surface area contributed by atoms with E-state index in [-0.39, 0.29) is 23.8 Å². The molecule has 6 aromatic rings. The molecule has 0 radical (unpaired) electrons. The Hall–Kier alpha value is -6.41. The van der Waals surface area contributed by atoms with E-state index in [9.17, 15) is 9.59 Å². The van der Waals surface area contributed by atoms with Gasteiger partial charge in [-0.1, -0.05) is 84.9 Å². The monoisotopic (exact) mass is 808 g/mol. The van der Waals surface area contributed by atoms with E-state index in [1.807, 2.05) is 102 Å². The van der Waals surface area contributed by atoms with Gasteiger partial charge in [0.25, 0.3) is 11.8 Å². The molecular weight excluding hydrogens is 757 g/mol. The average Bonchev–Trinajstić information content (AvgIpc) is 4.04. The maximum absolute atomic E-state index is 15.2. The van der Waals surface area contributed by atoms with Gasteiger partial charge in [-0.2, -0.15) is 0 Å². The highest BCUT2D eigenvalue weighted by atomic mass is 16.5. The Morgan fingerprint density at radius 3 is 2.20 bits per heavy atom. The Morgan fingerprint density at radius 1 is 0.721 bits per heavy atom. The minimum absolute atomic E-state index is 0.00658. The number of nitrogens with zero attached hydrogens (tertiary/aromatic N) is 4. The fraction of sp³-hybridized carbons (Fsp3) is 0.302. The summed E-state index contributed by atoms with van der Waals surface area (Å²) in [6.45, 7) is 5.02. The summed E-state index contributed by atoms with van der Waals surface area (Å²) in [6, 6.07) is 42.7. The summed E-state index contributed by atoms with van der Waals surface area (Å²) in [5.41, 5.74) is 11.2. The number of benzene rings is 5. The first-order chi connectivity index (χ1) is 29.8. The van der Waals surface area contributed by atoms with Gasteiger partial charge >= 0.3 is 0 Å². The van der Waals surface area contributed by atoms with Gasteiger partial charge in [0.1, 0.15) is 12.4 Å². The molecule has 1 aromatic heterocycles. The van der Waals surface area contributed by atoms with Crippen molar-refractivity contribution in [3.05, 3.63) is 178 Å². The Labute approximate surface area is 358 Å². The molecule has 3 amide bonds. The second-order valence-electron chi connectivity index (χ2n) is 17.5. The molecule has 308 valence electrons. The van der Waals surface area contributed by atoms with Gasteiger partial charge in [0.2, 0.25) is 5.91 Å². The van der Waals surface area contributed by atoms with Crippen LogP contribution in [0, 0.1) is 0 Å². The number of hydrogen-bond acceptors (Lipinski definition) is 4. The molecule has 1 fully saturated rings. The van der Waals surface area contributed by atoms with Crippen molar-refractivity contribution in [2.75, 3.05) is 18.5 Å². The zero-order valence-electron chi connectivity index (χ0n) is 35.1. The van der Waals surface area contributed by atoms with E-state index in [1.165, 1.54) is 11.1 Å². The van der Waals surface area contributed by atoms with E-state index in [0.717, 1.165) is 95.7 Å². The molecule has 61 heavy (non-hydrogen) atoms. The fourth-order valence-corrected chi connectivity index (χ4v) is 9.98. The van der Waals surface area contributed by atoms with Crippen molar-refractivity contribution in [2.45, 2.75) is 89.6 Å². The summed E-state index contributed by atoms with van der Waals surface area (Å²) in [5.74, 6) is 0.828. The second-order valence-corrected chi connectivity index (χ2v) is 17.5. The van der Waals surface area contributed by atoms with Gasteiger partial charge in [0, 0.05) is 67.5 Å². The number of aromatic nitrogens is 1. The third-order valence-electron chi connectivity index (χ3n) is 13.7. The lowest BCUT2D eigenvalue weighted by Gasteiger charge is -2.36. The minimum atomic E-state index is -0.451. The van der Waals surface area contributed by atoms with Gasteiger partial charge in [-0.15, -0.1) is 0 Å². The highest BCUT2D eigenvalue weighted by Gasteiger charge is 2.53. The lowest BCUT2D eigenvalue weighted by molar-refractivity contribution is -0.134. The van der Waals surface area contributed by atoms with Crippen molar-refractivity contribution in [1.82, 2.24) is 14.4 Å². The minimum Gasteiger partial charge on any atom is -0.489 e. The van der Waals surface area contributed by atoms with E-state index in [4.69, 9.17) is 4.74 Å². The molecule has 0 spiro atoms. The van der Waals surface area contributed by atoms with Gasteiger partial charge in [-0.25, -0.2) is 0 Å². The van der Waals surface area contributed by atoms with Crippen molar-refractivity contribution in [1.29, 1.82) is 0 Å². The number of ether oxygens (including phenoxy) is 1. The van der Waals surface area contributed by atoms with Gasteiger partial charge in [-0.05, 0) is 128 Å². The summed E-state index contributed by atoms with van der Waals surface area (Å²) < 4.78 is 8.33. The van der Waals surface area contributed by atoms with Gasteiger partial charge < -0.3 is 24.0 Å². The van der Waals surface area contributed by atoms with Crippen molar-refractivity contribution < 1.29 is 19.1 Å². The molecule has 5 aromatic carbocycles. The third-order valence-corrected chi connectivity index (χ3v) is 13.7. The smallest absolute Gasteiger partial charge is 0.259 e. The number of fused-ring (bicyclic) bond motifs is 3. The van der Waals surface area contributed by atoms with Crippen LogP contribution in [0.15, 0.2) is 127 Å². The largest absolute Gasteiger partial charge is 0.489 e. The van der Waals surface area contributed by atoms with Crippen molar-refractivity contribution in [3.8, 4) is 17.0 Å². The summed E-state index contributed by atoms with van der Waals surface area (Å²) in [6.07, 6.45) is 5.99. The van der Waals surface area contributed by atoms with Crippen LogP contribution in [0.3, 0.4) is 0 Å². The van der Waals surface area contributed by atoms with Gasteiger partial charge in [0.15, 0.2) is 0 Å². The van der Waals surface area contributed by atoms with Crippen molar-refractivity contribution in [3.63, 3.8) is 0 Å². The first kappa shape index (κ1) is 38.8. The van der Waals surface area contributed by atoms with Crippen molar-refractivity contribution in [2.24, 2.45) is 0 Å². The van der Waals surface area contributed by atoms with Crippen LogP contribution in [0.25, 0.3) is 11.3 Å². The van der Waals surface area contributed by atoms with Crippen LogP contribution in [0.2, 0.25) is 0 Å². The van der Waals surface area contributed by atoms with E-state index in [2.05, 4.69) is 54.0 Å². The standard InChI is InChI=1S/C53H52N4O4/c1-36-29-38-15-9-10-16-40(38)34-57(36)51(59)46-31-41-33-55(52(60)53(25-26-53)42-17-7-4-8-18-42)28-24-39(41)30-45(46)49-32-47(48-19-11-12-27-56(48)49)50(58)54(2)43-20-22-44(23-21-43)61-35-37-13-5-3-6-14-37/h3-10,13-18,20-23,30-32,36H,11-12,19,24-29,33-35H2,1-2H3/t36-/m1/s1. The highest BCUT2D eigenvalue weighted by Crippen LogP contribution is 2.50. The number of carbonyl (C=O) groups excluding carboxylic acids is 3. The van der Waals surface area contributed by atoms with Crippen LogP contribution in [-0.2, 0) is 55.7 Å². The summed E-state index contributed by atoms with van der Waals surface area (Å²) in [7, 11) is 1.83. The number of carbonyl (C=O) groups is 3. The molecular formula is C53H52N4O4. The molecule has 8 heteroatoms. The molecule has 4 heterocycles. The lowest BCUT2D eigenvalue weighted by atomic mass is 9.88. The normalized spacial score (nSPS) is 17.4. The van der Waals surface area contributed by atoms with Crippen LogP contribution in [-0.4, -0.2) is 51.7 Å². The molecule has 4 aliphatic rings. The van der Waals surface area contributed by atoms with Gasteiger partial charge in [-0.3, -0.25) is 14.4 Å². The molecule has 0 bridgehead atoms. The molecule has 1 aliphatic carbocycles. The Balaban J connectivity index is 0.994.